The monoisotopic (exact) mass is 470 g/mol. The van der Waals surface area contributed by atoms with Gasteiger partial charge in [-0.1, -0.05) is 112 Å². The first-order chi connectivity index (χ1) is 16.3. The van der Waals surface area contributed by atoms with Gasteiger partial charge in [0.1, 0.15) is 6.61 Å². The van der Waals surface area contributed by atoms with Crippen molar-refractivity contribution in [1.82, 2.24) is 0 Å². The summed E-state index contributed by atoms with van der Waals surface area (Å²) >= 11 is 0. The Kier molecular flexibility index (Phi) is 7.20. The Hall–Kier alpha value is -2.95. The predicted molar refractivity (Wildman–Crippen MR) is 141 cm³/mol. The molecule has 0 aliphatic heterocycles. The summed E-state index contributed by atoms with van der Waals surface area (Å²) in [6, 6.07) is 30.5. The largest absolute Gasteiger partial charge is 0.461 e. The van der Waals surface area contributed by atoms with E-state index in [1.807, 2.05) is 18.2 Å². The molecule has 4 heteroatoms. The highest BCUT2D eigenvalue weighted by molar-refractivity contribution is 6.99. The zero-order valence-electron chi connectivity index (χ0n) is 20.4. The summed E-state index contributed by atoms with van der Waals surface area (Å²) in [5, 5.41) is 2.41. The van der Waals surface area contributed by atoms with Crippen LogP contribution in [0.2, 0.25) is 5.04 Å². The van der Waals surface area contributed by atoms with E-state index in [2.05, 4.69) is 88.0 Å². The maximum atomic E-state index is 12.6. The van der Waals surface area contributed by atoms with Gasteiger partial charge in [-0.2, -0.15) is 0 Å². The third-order valence-corrected chi connectivity index (χ3v) is 11.9. The number of benzene rings is 3. The summed E-state index contributed by atoms with van der Waals surface area (Å²) in [6.45, 7) is 11.5. The molecular formula is C30H34O3Si. The van der Waals surface area contributed by atoms with E-state index in [0.29, 0.717) is 5.56 Å². The van der Waals surface area contributed by atoms with E-state index >= 15 is 0 Å². The van der Waals surface area contributed by atoms with Crippen LogP contribution in [0.15, 0.2) is 103 Å². The molecule has 1 aliphatic rings. The highest BCUT2D eigenvalue weighted by atomic mass is 28.4. The molecule has 2 unspecified atom stereocenters. The van der Waals surface area contributed by atoms with Crippen LogP contribution < -0.4 is 10.4 Å². The first kappa shape index (κ1) is 24.2. The molecule has 0 spiro atoms. The summed E-state index contributed by atoms with van der Waals surface area (Å²) in [4.78, 5) is 12.6. The Balaban J connectivity index is 1.66. The number of hydrogen-bond acceptors (Lipinski definition) is 3. The van der Waals surface area contributed by atoms with Gasteiger partial charge in [-0.25, -0.2) is 4.79 Å². The Morgan fingerprint density at radius 1 is 0.882 bits per heavy atom. The highest BCUT2D eigenvalue weighted by Crippen LogP contribution is 2.42. The molecule has 0 aromatic heterocycles. The van der Waals surface area contributed by atoms with Crippen LogP contribution in [-0.2, 0) is 9.16 Å². The van der Waals surface area contributed by atoms with Crippen molar-refractivity contribution in [1.29, 1.82) is 0 Å². The van der Waals surface area contributed by atoms with Crippen molar-refractivity contribution in [3.63, 3.8) is 0 Å². The van der Waals surface area contributed by atoms with Crippen molar-refractivity contribution in [3.05, 3.63) is 109 Å². The van der Waals surface area contributed by atoms with Gasteiger partial charge in [-0.15, -0.1) is 0 Å². The van der Waals surface area contributed by atoms with Crippen molar-refractivity contribution in [2.75, 3.05) is 6.61 Å². The van der Waals surface area contributed by atoms with Gasteiger partial charge in [0, 0.05) is 5.92 Å². The zero-order valence-corrected chi connectivity index (χ0v) is 21.4. The smallest absolute Gasteiger partial charge is 0.338 e. The molecule has 1 fully saturated rings. The van der Waals surface area contributed by atoms with Crippen LogP contribution in [-0.4, -0.2) is 27.0 Å². The van der Waals surface area contributed by atoms with Crippen LogP contribution in [0.1, 0.15) is 44.0 Å². The minimum absolute atomic E-state index is 0.0192. The first-order valence-electron chi connectivity index (χ1n) is 12.0. The summed E-state index contributed by atoms with van der Waals surface area (Å²) in [5.41, 5.74) is 1.67. The Morgan fingerprint density at radius 3 is 1.88 bits per heavy atom. The molecule has 4 rings (SSSR count). The van der Waals surface area contributed by atoms with Crippen LogP contribution >= 0.6 is 0 Å². The molecule has 0 heterocycles. The van der Waals surface area contributed by atoms with E-state index in [1.54, 1.807) is 12.1 Å². The lowest BCUT2D eigenvalue weighted by molar-refractivity contribution is 0.0366. The fourth-order valence-electron chi connectivity index (χ4n) is 5.08. The molecule has 0 radical (unpaired) electrons. The van der Waals surface area contributed by atoms with Crippen LogP contribution in [0.5, 0.6) is 0 Å². The first-order valence-corrected chi connectivity index (χ1v) is 13.9. The molecule has 176 valence electrons. The number of rotatable bonds is 7. The average Bonchev–Trinajstić information content (AvgIpc) is 3.20. The second-order valence-electron chi connectivity index (χ2n) is 10.1. The van der Waals surface area contributed by atoms with Crippen molar-refractivity contribution < 1.29 is 14.0 Å². The van der Waals surface area contributed by atoms with E-state index in [1.165, 1.54) is 10.4 Å². The number of carbonyl (C=O) groups is 1. The molecule has 0 bridgehead atoms. The number of ether oxygens (including phenoxy) is 1. The molecule has 0 saturated heterocycles. The Bertz CT molecular complexity index is 1060. The standard InChI is InChI=1S/C30H34O3Si/c1-23-20-21-28(27(23)22-32-29(31)24-14-8-5-9-15-24)33-34(30(2,3)4,25-16-10-6-11-17-25)26-18-12-7-13-19-26/h5-19,27-28H,1,20-22H2,2-4H3. The second kappa shape index (κ2) is 10.1. The lowest BCUT2D eigenvalue weighted by Gasteiger charge is -2.45. The van der Waals surface area contributed by atoms with Gasteiger partial charge in [0.05, 0.1) is 11.7 Å². The molecule has 1 saturated carbocycles. The molecule has 0 amide bonds. The Labute approximate surface area is 204 Å². The summed E-state index contributed by atoms with van der Waals surface area (Å²) in [6.07, 6.45) is 1.72. The molecule has 3 aromatic carbocycles. The topological polar surface area (TPSA) is 35.5 Å². The number of carbonyl (C=O) groups excluding carboxylic acids is 1. The fraction of sp³-hybridized carbons (Fsp3) is 0.300. The minimum Gasteiger partial charge on any atom is -0.461 e. The zero-order chi connectivity index (χ0) is 24.2. The lowest BCUT2D eigenvalue weighted by Crippen LogP contribution is -2.68. The van der Waals surface area contributed by atoms with Crippen molar-refractivity contribution in [2.45, 2.75) is 44.8 Å². The molecule has 3 aromatic rings. The summed E-state index contributed by atoms with van der Waals surface area (Å²) < 4.78 is 13.1. The van der Waals surface area contributed by atoms with Crippen molar-refractivity contribution in [3.8, 4) is 0 Å². The van der Waals surface area contributed by atoms with E-state index < -0.39 is 8.32 Å². The average molecular weight is 471 g/mol. The predicted octanol–water partition coefficient (Wildman–Crippen LogP) is 5.75. The lowest BCUT2D eigenvalue weighted by atomic mass is 10.0. The quantitative estimate of drug-likeness (QED) is 0.250. The number of esters is 1. The fourth-order valence-corrected chi connectivity index (χ4v) is 9.84. The van der Waals surface area contributed by atoms with Crippen LogP contribution in [0.3, 0.4) is 0 Å². The van der Waals surface area contributed by atoms with Gasteiger partial charge in [0.15, 0.2) is 0 Å². The van der Waals surface area contributed by atoms with Crippen molar-refractivity contribution in [2.24, 2.45) is 5.92 Å². The van der Waals surface area contributed by atoms with Gasteiger partial charge in [0.25, 0.3) is 8.32 Å². The summed E-state index contributed by atoms with van der Waals surface area (Å²) in [5.74, 6) is -0.321. The third-order valence-electron chi connectivity index (χ3n) is 6.87. The van der Waals surface area contributed by atoms with E-state index in [9.17, 15) is 4.79 Å². The maximum Gasteiger partial charge on any atom is 0.338 e. The summed E-state index contributed by atoms with van der Waals surface area (Å²) in [7, 11) is -2.69. The van der Waals surface area contributed by atoms with Crippen molar-refractivity contribution >= 4 is 24.7 Å². The van der Waals surface area contributed by atoms with E-state index in [0.717, 1.165) is 18.4 Å². The third kappa shape index (κ3) is 4.79. The SMILES string of the molecule is C=C1CCC(O[Si](c2ccccc2)(c2ccccc2)C(C)(C)C)C1COC(=O)c1ccccc1. The molecule has 2 atom stereocenters. The molecule has 34 heavy (non-hydrogen) atoms. The maximum absolute atomic E-state index is 12.6. The van der Waals surface area contributed by atoms with Gasteiger partial charge in [-0.05, 0) is 40.4 Å². The van der Waals surface area contributed by atoms with Crippen LogP contribution in [0, 0.1) is 5.92 Å². The van der Waals surface area contributed by atoms with Gasteiger partial charge < -0.3 is 9.16 Å². The van der Waals surface area contributed by atoms with Crippen LogP contribution in [0.4, 0.5) is 0 Å². The molecular weight excluding hydrogens is 436 g/mol. The number of hydrogen-bond donors (Lipinski definition) is 0. The Morgan fingerprint density at radius 2 is 1.38 bits per heavy atom. The molecule has 3 nitrogen and oxygen atoms in total. The van der Waals surface area contributed by atoms with Gasteiger partial charge in [0.2, 0.25) is 0 Å². The van der Waals surface area contributed by atoms with Crippen LogP contribution in [0.25, 0.3) is 0 Å². The van der Waals surface area contributed by atoms with E-state index in [4.69, 9.17) is 9.16 Å². The minimum atomic E-state index is -2.69. The van der Waals surface area contributed by atoms with E-state index in [-0.39, 0.29) is 29.6 Å². The van der Waals surface area contributed by atoms with Gasteiger partial charge in [-0.3, -0.25) is 0 Å². The van der Waals surface area contributed by atoms with Gasteiger partial charge >= 0.3 is 5.97 Å². The molecule has 0 N–H and O–H groups in total. The second-order valence-corrected chi connectivity index (χ2v) is 14.3. The highest BCUT2D eigenvalue weighted by Gasteiger charge is 2.53. The normalized spacial score (nSPS) is 18.6. The molecule has 1 aliphatic carbocycles.